The van der Waals surface area contributed by atoms with E-state index in [1.165, 1.54) is 12.1 Å². The molecule has 3 atom stereocenters. The Kier molecular flexibility index (Phi) is 7.24. The molecule has 1 unspecified atom stereocenters. The van der Waals surface area contributed by atoms with Crippen molar-refractivity contribution >= 4 is 10.9 Å². The number of nitrogens with one attached hydrogen (secondary N) is 1. The number of hydrogen-bond acceptors (Lipinski definition) is 3. The van der Waals surface area contributed by atoms with Gasteiger partial charge in [-0.25, -0.2) is 13.2 Å². The van der Waals surface area contributed by atoms with Gasteiger partial charge in [0.05, 0.1) is 12.7 Å². The highest BCUT2D eigenvalue weighted by atomic mass is 19.1. The number of likely N-dealkylation sites (tertiary alicyclic amines) is 1. The lowest BCUT2D eigenvalue weighted by Crippen LogP contribution is -2.49. The fraction of sp³-hybridized carbons (Fsp3) is 0.517. The van der Waals surface area contributed by atoms with Gasteiger partial charge in [0.2, 0.25) is 0 Å². The van der Waals surface area contributed by atoms with Crippen LogP contribution in [-0.4, -0.2) is 66.0 Å². The molecule has 1 aromatic heterocycles. The number of hydrogen-bond donors (Lipinski definition) is 1. The second kappa shape index (κ2) is 10.3. The summed E-state index contributed by atoms with van der Waals surface area (Å²) in [6, 6.07) is 9.36. The highest BCUT2D eigenvalue weighted by molar-refractivity contribution is 5.85. The average molecular weight is 520 g/mol. The minimum absolute atomic E-state index is 0. The van der Waals surface area contributed by atoms with E-state index in [-0.39, 0.29) is 44.5 Å². The minimum atomic E-state index is -1.42. The molecular weight excluding hydrogens is 482 g/mol. The molecule has 0 saturated carbocycles. The number of aromatic amines is 1. The molecule has 202 valence electrons. The van der Waals surface area contributed by atoms with Crippen LogP contribution in [0.2, 0.25) is 0 Å². The van der Waals surface area contributed by atoms with E-state index in [2.05, 4.69) is 4.98 Å². The van der Waals surface area contributed by atoms with Gasteiger partial charge in [0, 0.05) is 73.9 Å². The Morgan fingerprint density at radius 1 is 1.14 bits per heavy atom. The normalized spacial score (nSPS) is 25.8. The summed E-state index contributed by atoms with van der Waals surface area (Å²) >= 11 is 0. The maximum atomic E-state index is 15.5. The molecule has 0 bridgehead atoms. The molecule has 4 heterocycles. The molecule has 0 aliphatic carbocycles. The molecule has 1 N–H and O–H groups in total. The Balaban J connectivity index is 0.00000110. The lowest BCUT2D eigenvalue weighted by molar-refractivity contribution is 0.0667. The SMILES string of the molecule is CC.CC1(F)C[C@H]2Cc3c([nH]c4ccccc34)[C@@H](c3c(F)cc(OCCN4CC(CF)C4)cc3F)N2C1.[HH]. The van der Waals surface area contributed by atoms with Crippen molar-refractivity contribution in [3.8, 4) is 5.75 Å². The third-order valence-corrected chi connectivity index (χ3v) is 7.79. The van der Waals surface area contributed by atoms with Crippen LogP contribution in [-0.2, 0) is 6.42 Å². The Hall–Kier alpha value is -2.58. The van der Waals surface area contributed by atoms with Gasteiger partial charge < -0.3 is 9.72 Å². The molecule has 37 heavy (non-hydrogen) atoms. The number of para-hydroxylation sites is 1. The van der Waals surface area contributed by atoms with Gasteiger partial charge in [-0.05, 0) is 31.4 Å². The second-order valence-electron chi connectivity index (χ2n) is 10.5. The molecule has 3 aliphatic rings. The largest absolute Gasteiger partial charge is 0.492 e. The van der Waals surface area contributed by atoms with Gasteiger partial charge in [-0.15, -0.1) is 0 Å². The summed E-state index contributed by atoms with van der Waals surface area (Å²) in [6.45, 7) is 7.56. The molecular formula is C29H37F4N3O. The third kappa shape index (κ3) is 4.86. The summed E-state index contributed by atoms with van der Waals surface area (Å²) in [5, 5.41) is 1.02. The predicted molar refractivity (Wildman–Crippen MR) is 140 cm³/mol. The molecule has 6 rings (SSSR count). The van der Waals surface area contributed by atoms with Gasteiger partial charge in [0.15, 0.2) is 0 Å². The first-order valence-electron chi connectivity index (χ1n) is 13.3. The van der Waals surface area contributed by atoms with Crippen LogP contribution in [0.15, 0.2) is 36.4 Å². The number of aromatic nitrogens is 1. The molecule has 2 fully saturated rings. The molecule has 8 heteroatoms. The zero-order valence-corrected chi connectivity index (χ0v) is 21.7. The fourth-order valence-electron chi connectivity index (χ4n) is 6.22. The monoisotopic (exact) mass is 519 g/mol. The Morgan fingerprint density at radius 2 is 1.84 bits per heavy atom. The quantitative estimate of drug-likeness (QED) is 0.380. The number of fused-ring (bicyclic) bond motifs is 4. The number of H-pyrrole nitrogens is 1. The summed E-state index contributed by atoms with van der Waals surface area (Å²) in [5.74, 6) is -1.21. The van der Waals surface area contributed by atoms with Crippen LogP contribution in [0.1, 0.15) is 51.5 Å². The van der Waals surface area contributed by atoms with E-state index in [1.807, 2.05) is 47.9 Å². The zero-order chi connectivity index (χ0) is 26.3. The van der Waals surface area contributed by atoms with Crippen molar-refractivity contribution < 1.29 is 23.7 Å². The molecule has 0 radical (unpaired) electrons. The molecule has 3 aliphatic heterocycles. The molecule has 3 aromatic rings. The average Bonchev–Trinajstić information content (AvgIpc) is 3.36. The van der Waals surface area contributed by atoms with E-state index in [0.29, 0.717) is 32.5 Å². The summed E-state index contributed by atoms with van der Waals surface area (Å²) in [4.78, 5) is 7.34. The summed E-state index contributed by atoms with van der Waals surface area (Å²) in [5.41, 5.74) is 1.14. The minimum Gasteiger partial charge on any atom is -0.492 e. The molecule has 0 spiro atoms. The van der Waals surface area contributed by atoms with Crippen LogP contribution < -0.4 is 4.74 Å². The number of benzene rings is 2. The van der Waals surface area contributed by atoms with Gasteiger partial charge >= 0.3 is 0 Å². The zero-order valence-electron chi connectivity index (χ0n) is 21.7. The van der Waals surface area contributed by atoms with Gasteiger partial charge in [-0.1, -0.05) is 32.0 Å². The first kappa shape index (κ1) is 26.0. The van der Waals surface area contributed by atoms with Crippen molar-refractivity contribution in [1.82, 2.24) is 14.8 Å². The van der Waals surface area contributed by atoms with Gasteiger partial charge in [-0.2, -0.15) is 0 Å². The molecule has 2 saturated heterocycles. The van der Waals surface area contributed by atoms with Crippen LogP contribution in [0.3, 0.4) is 0 Å². The first-order chi connectivity index (χ1) is 17.8. The number of rotatable bonds is 6. The van der Waals surface area contributed by atoms with Gasteiger partial charge in [0.1, 0.15) is 29.7 Å². The Labute approximate surface area is 217 Å². The molecule has 4 nitrogen and oxygen atoms in total. The van der Waals surface area contributed by atoms with E-state index in [1.54, 1.807) is 6.92 Å². The number of alkyl halides is 2. The van der Waals surface area contributed by atoms with Crippen molar-refractivity contribution in [2.24, 2.45) is 5.92 Å². The smallest absolute Gasteiger partial charge is 0.135 e. The maximum Gasteiger partial charge on any atom is 0.135 e. The van der Waals surface area contributed by atoms with Crippen molar-refractivity contribution in [3.05, 3.63) is 64.9 Å². The van der Waals surface area contributed by atoms with E-state index in [9.17, 15) is 4.39 Å². The standard InChI is InChI=1S/C27H29F4N3O.C2H6.H2/c1-27(31)11-17-8-20-19-4-2-3-5-23(19)32-25(20)26(34(17)15-27)24-21(29)9-18(10-22(24)30)35-7-6-33-13-16(12-28)14-33;1-2;/h2-5,9-10,16-17,26,32H,6-8,11-15H2,1H3;1-2H3;1H/t17-,26-,27?;;/m1../s1. The summed E-state index contributed by atoms with van der Waals surface area (Å²) < 4.78 is 64.4. The van der Waals surface area contributed by atoms with Gasteiger partial charge in [0.25, 0.3) is 0 Å². The lowest BCUT2D eigenvalue weighted by Gasteiger charge is -2.38. The molecule has 2 aromatic carbocycles. The topological polar surface area (TPSA) is 31.5 Å². The lowest BCUT2D eigenvalue weighted by atomic mass is 9.88. The first-order valence-corrected chi connectivity index (χ1v) is 13.3. The Bertz CT molecular complexity index is 1240. The molecule has 0 amide bonds. The van der Waals surface area contributed by atoms with E-state index in [4.69, 9.17) is 4.74 Å². The second-order valence-corrected chi connectivity index (χ2v) is 10.5. The number of ether oxygens (including phenoxy) is 1. The number of halogens is 4. The third-order valence-electron chi connectivity index (χ3n) is 7.79. The van der Waals surface area contributed by atoms with E-state index >= 15 is 13.2 Å². The van der Waals surface area contributed by atoms with Crippen molar-refractivity contribution in [2.75, 3.05) is 39.5 Å². The van der Waals surface area contributed by atoms with Crippen molar-refractivity contribution in [3.63, 3.8) is 0 Å². The summed E-state index contributed by atoms with van der Waals surface area (Å²) in [7, 11) is 0. The van der Waals surface area contributed by atoms with Crippen LogP contribution in [0.5, 0.6) is 5.75 Å². The van der Waals surface area contributed by atoms with E-state index in [0.717, 1.165) is 22.2 Å². The maximum absolute atomic E-state index is 15.5. The Morgan fingerprint density at radius 3 is 2.54 bits per heavy atom. The fourth-order valence-corrected chi connectivity index (χ4v) is 6.22. The predicted octanol–water partition coefficient (Wildman–Crippen LogP) is 6.45. The highest BCUT2D eigenvalue weighted by Crippen LogP contribution is 2.48. The highest BCUT2D eigenvalue weighted by Gasteiger charge is 2.49. The van der Waals surface area contributed by atoms with Crippen LogP contribution in [0.25, 0.3) is 10.9 Å². The van der Waals surface area contributed by atoms with Gasteiger partial charge in [-0.3, -0.25) is 14.2 Å². The number of nitrogens with zero attached hydrogens (tertiary/aromatic N) is 2. The van der Waals surface area contributed by atoms with E-state index < -0.39 is 23.3 Å². The van der Waals surface area contributed by atoms with Crippen LogP contribution >= 0.6 is 0 Å². The van der Waals surface area contributed by atoms with Crippen molar-refractivity contribution in [2.45, 2.75) is 51.4 Å². The van der Waals surface area contributed by atoms with Crippen LogP contribution in [0.4, 0.5) is 17.6 Å². The van der Waals surface area contributed by atoms with Crippen molar-refractivity contribution in [1.29, 1.82) is 0 Å². The van der Waals surface area contributed by atoms with Crippen LogP contribution in [0, 0.1) is 17.6 Å². The summed E-state index contributed by atoms with van der Waals surface area (Å²) in [6.07, 6.45) is 0.964.